The van der Waals surface area contributed by atoms with E-state index in [2.05, 4.69) is 36.5 Å². The van der Waals surface area contributed by atoms with Crippen LogP contribution in [0.25, 0.3) is 0 Å². The van der Waals surface area contributed by atoms with Crippen LogP contribution in [0, 0.1) is 5.92 Å². The third kappa shape index (κ3) is 4.02. The van der Waals surface area contributed by atoms with Gasteiger partial charge in [0.05, 0.1) is 5.41 Å². The Morgan fingerprint density at radius 1 is 1.27 bits per heavy atom. The van der Waals surface area contributed by atoms with E-state index in [1.165, 1.54) is 12.0 Å². The lowest BCUT2D eigenvalue weighted by Gasteiger charge is -2.28. The number of hydrogen-bond acceptors (Lipinski definition) is 2. The van der Waals surface area contributed by atoms with Crippen LogP contribution in [0.3, 0.4) is 0 Å². The van der Waals surface area contributed by atoms with E-state index in [1.807, 2.05) is 13.8 Å². The first-order valence-corrected chi connectivity index (χ1v) is 8.09. The van der Waals surface area contributed by atoms with Crippen LogP contribution in [0.1, 0.15) is 51.2 Å². The zero-order chi connectivity index (χ0) is 15.5. The molecule has 1 fully saturated rings. The van der Waals surface area contributed by atoms with Crippen molar-refractivity contribution in [2.45, 2.75) is 57.9 Å². The quantitative estimate of drug-likeness (QED) is 0.874. The molecular weight excluding hydrogens is 296 g/mol. The maximum atomic E-state index is 12.7. The molecule has 2 unspecified atom stereocenters. The van der Waals surface area contributed by atoms with Gasteiger partial charge in [-0.1, -0.05) is 37.6 Å². The molecule has 1 aromatic carbocycles. The highest BCUT2D eigenvalue weighted by molar-refractivity contribution is 5.87. The largest absolute Gasteiger partial charge is 0.352 e. The lowest BCUT2D eigenvalue weighted by molar-refractivity contribution is -0.126. The highest BCUT2D eigenvalue weighted by Crippen LogP contribution is 2.28. The molecule has 1 aromatic rings. The number of carbonyl (C=O) groups is 1. The summed E-state index contributed by atoms with van der Waals surface area (Å²) in [6.07, 6.45) is 4.37. The minimum Gasteiger partial charge on any atom is -0.352 e. The summed E-state index contributed by atoms with van der Waals surface area (Å²) in [6, 6.07) is 8.63. The molecule has 4 heteroatoms. The van der Waals surface area contributed by atoms with E-state index in [4.69, 9.17) is 5.73 Å². The lowest BCUT2D eigenvalue weighted by atomic mass is 9.82. The molecular formula is C18H29ClN2O. The van der Waals surface area contributed by atoms with E-state index in [0.29, 0.717) is 12.5 Å². The van der Waals surface area contributed by atoms with Crippen molar-refractivity contribution in [2.75, 3.05) is 6.54 Å². The van der Waals surface area contributed by atoms with E-state index < -0.39 is 5.41 Å². The summed E-state index contributed by atoms with van der Waals surface area (Å²) < 4.78 is 0. The Kier molecular flexibility index (Phi) is 6.89. The standard InChI is InChI=1S/C18H28N2O.ClH/c1-4-13-8-10-15(11-9-13)18(2,3)17(21)20-16-7-5-6-14(16)12-19;/h8-11,14,16H,4-7,12,19H2,1-3H3,(H,20,21);1H. The molecule has 1 amide bonds. The smallest absolute Gasteiger partial charge is 0.230 e. The van der Waals surface area contributed by atoms with E-state index in [9.17, 15) is 4.79 Å². The van der Waals surface area contributed by atoms with Gasteiger partial charge in [0.2, 0.25) is 5.91 Å². The summed E-state index contributed by atoms with van der Waals surface area (Å²) in [5.41, 5.74) is 7.66. The fraction of sp³-hybridized carbons (Fsp3) is 0.611. The number of carbonyl (C=O) groups excluding carboxylic acids is 1. The summed E-state index contributed by atoms with van der Waals surface area (Å²) in [4.78, 5) is 12.7. The van der Waals surface area contributed by atoms with Gasteiger partial charge < -0.3 is 11.1 Å². The van der Waals surface area contributed by atoms with Crippen LogP contribution in [-0.2, 0) is 16.6 Å². The molecule has 0 aliphatic heterocycles. The Labute approximate surface area is 140 Å². The summed E-state index contributed by atoms with van der Waals surface area (Å²) in [6.45, 7) is 6.79. The zero-order valence-corrected chi connectivity index (χ0v) is 14.7. The van der Waals surface area contributed by atoms with Gasteiger partial charge in [-0.3, -0.25) is 4.79 Å². The first kappa shape index (κ1) is 19.0. The molecule has 2 atom stereocenters. The second-order valence-corrected chi connectivity index (χ2v) is 6.68. The van der Waals surface area contributed by atoms with Gasteiger partial charge in [0.1, 0.15) is 0 Å². The van der Waals surface area contributed by atoms with Gasteiger partial charge in [-0.25, -0.2) is 0 Å². The maximum absolute atomic E-state index is 12.7. The average molecular weight is 325 g/mol. The molecule has 0 spiro atoms. The van der Waals surface area contributed by atoms with E-state index in [0.717, 1.165) is 24.8 Å². The van der Waals surface area contributed by atoms with Gasteiger partial charge in [-0.05, 0) is 56.7 Å². The lowest BCUT2D eigenvalue weighted by Crippen LogP contribution is -2.47. The number of rotatable bonds is 5. The van der Waals surface area contributed by atoms with Crippen LogP contribution in [0.5, 0.6) is 0 Å². The number of amides is 1. The fourth-order valence-corrected chi connectivity index (χ4v) is 3.15. The normalized spacial score (nSPS) is 21.3. The van der Waals surface area contributed by atoms with Crippen molar-refractivity contribution in [2.24, 2.45) is 11.7 Å². The summed E-state index contributed by atoms with van der Waals surface area (Å²) in [7, 11) is 0. The van der Waals surface area contributed by atoms with Crippen molar-refractivity contribution < 1.29 is 4.79 Å². The Balaban J connectivity index is 0.00000242. The minimum absolute atomic E-state index is 0. The molecule has 0 radical (unpaired) electrons. The second kappa shape index (κ2) is 7.98. The predicted molar refractivity (Wildman–Crippen MR) is 94.4 cm³/mol. The minimum atomic E-state index is -0.506. The van der Waals surface area contributed by atoms with Crippen molar-refractivity contribution in [3.8, 4) is 0 Å². The molecule has 3 nitrogen and oxygen atoms in total. The molecule has 0 aromatic heterocycles. The van der Waals surface area contributed by atoms with Gasteiger partial charge in [-0.2, -0.15) is 0 Å². The van der Waals surface area contributed by atoms with Gasteiger partial charge in [0.15, 0.2) is 0 Å². The van der Waals surface area contributed by atoms with Crippen molar-refractivity contribution >= 4 is 18.3 Å². The molecule has 3 N–H and O–H groups in total. The SMILES string of the molecule is CCc1ccc(C(C)(C)C(=O)NC2CCCC2CN)cc1.Cl. The van der Waals surface area contributed by atoms with Crippen molar-refractivity contribution in [1.29, 1.82) is 0 Å². The van der Waals surface area contributed by atoms with Crippen LogP contribution in [0.15, 0.2) is 24.3 Å². The zero-order valence-electron chi connectivity index (χ0n) is 13.9. The summed E-state index contributed by atoms with van der Waals surface area (Å²) in [5.74, 6) is 0.546. The average Bonchev–Trinajstić information content (AvgIpc) is 2.94. The van der Waals surface area contributed by atoms with Crippen LogP contribution >= 0.6 is 12.4 Å². The van der Waals surface area contributed by atoms with Crippen molar-refractivity contribution in [3.05, 3.63) is 35.4 Å². The van der Waals surface area contributed by atoms with E-state index in [1.54, 1.807) is 0 Å². The maximum Gasteiger partial charge on any atom is 0.230 e. The number of benzene rings is 1. The molecule has 1 aliphatic carbocycles. The third-order valence-electron chi connectivity index (χ3n) is 4.93. The third-order valence-corrected chi connectivity index (χ3v) is 4.93. The molecule has 0 heterocycles. The molecule has 0 saturated heterocycles. The van der Waals surface area contributed by atoms with Gasteiger partial charge >= 0.3 is 0 Å². The van der Waals surface area contributed by atoms with Gasteiger partial charge in [0.25, 0.3) is 0 Å². The Bertz CT molecular complexity index is 484. The monoisotopic (exact) mass is 324 g/mol. The first-order valence-electron chi connectivity index (χ1n) is 8.09. The highest BCUT2D eigenvalue weighted by Gasteiger charge is 2.34. The van der Waals surface area contributed by atoms with Crippen LogP contribution < -0.4 is 11.1 Å². The number of hydrogen-bond donors (Lipinski definition) is 2. The number of halogens is 1. The first-order chi connectivity index (χ1) is 9.98. The molecule has 2 rings (SSSR count). The molecule has 1 saturated carbocycles. The van der Waals surface area contributed by atoms with E-state index >= 15 is 0 Å². The number of nitrogens with one attached hydrogen (secondary N) is 1. The summed E-state index contributed by atoms with van der Waals surface area (Å²) >= 11 is 0. The van der Waals surface area contributed by atoms with Crippen LogP contribution in [0.4, 0.5) is 0 Å². The molecule has 124 valence electrons. The molecule has 1 aliphatic rings. The van der Waals surface area contributed by atoms with Crippen LogP contribution in [-0.4, -0.2) is 18.5 Å². The highest BCUT2D eigenvalue weighted by atomic mass is 35.5. The van der Waals surface area contributed by atoms with Crippen molar-refractivity contribution in [1.82, 2.24) is 5.32 Å². The van der Waals surface area contributed by atoms with E-state index in [-0.39, 0.29) is 24.4 Å². The second-order valence-electron chi connectivity index (χ2n) is 6.68. The fourth-order valence-electron chi connectivity index (χ4n) is 3.15. The van der Waals surface area contributed by atoms with Crippen LogP contribution in [0.2, 0.25) is 0 Å². The Morgan fingerprint density at radius 3 is 2.45 bits per heavy atom. The van der Waals surface area contributed by atoms with Crippen molar-refractivity contribution in [3.63, 3.8) is 0 Å². The van der Waals surface area contributed by atoms with Gasteiger partial charge in [-0.15, -0.1) is 12.4 Å². The Morgan fingerprint density at radius 2 is 1.91 bits per heavy atom. The Hall–Kier alpha value is -1.06. The number of nitrogens with two attached hydrogens (primary N) is 1. The van der Waals surface area contributed by atoms with Gasteiger partial charge in [0, 0.05) is 6.04 Å². The summed E-state index contributed by atoms with van der Waals surface area (Å²) in [5, 5.41) is 3.23. The predicted octanol–water partition coefficient (Wildman–Crippen LogP) is 3.19. The number of aryl methyl sites for hydroxylation is 1. The molecule has 0 bridgehead atoms. The molecule has 22 heavy (non-hydrogen) atoms. The topological polar surface area (TPSA) is 55.1 Å².